The Morgan fingerprint density at radius 2 is 2.11 bits per heavy atom. The van der Waals surface area contributed by atoms with Crippen molar-refractivity contribution in [1.29, 1.82) is 0 Å². The molecule has 0 fully saturated rings. The standard InChI is InChI=1S/C13H21N3O2/c1-10(9-18-2)16(8-13(15)17)7-11-5-3-4-6-12(11)14/h3-6,10H,7-9,14H2,1-2H3,(H2,15,17). The van der Waals surface area contributed by atoms with Crippen LogP contribution in [0.1, 0.15) is 12.5 Å². The van der Waals surface area contributed by atoms with E-state index in [4.69, 9.17) is 16.2 Å². The number of nitrogens with zero attached hydrogens (tertiary/aromatic N) is 1. The van der Waals surface area contributed by atoms with E-state index in [0.29, 0.717) is 13.2 Å². The normalized spacial score (nSPS) is 12.6. The number of amides is 1. The minimum absolute atomic E-state index is 0.0992. The van der Waals surface area contributed by atoms with Gasteiger partial charge in [0.05, 0.1) is 13.2 Å². The van der Waals surface area contributed by atoms with Crippen molar-refractivity contribution in [2.75, 3.05) is 26.0 Å². The largest absolute Gasteiger partial charge is 0.398 e. The van der Waals surface area contributed by atoms with Crippen molar-refractivity contribution in [3.8, 4) is 0 Å². The van der Waals surface area contributed by atoms with E-state index < -0.39 is 0 Å². The van der Waals surface area contributed by atoms with Gasteiger partial charge in [-0.25, -0.2) is 0 Å². The molecule has 4 N–H and O–H groups in total. The summed E-state index contributed by atoms with van der Waals surface area (Å²) in [5, 5.41) is 0. The second-order valence-electron chi connectivity index (χ2n) is 4.37. The molecule has 0 heterocycles. The van der Waals surface area contributed by atoms with Crippen molar-refractivity contribution in [3.05, 3.63) is 29.8 Å². The quantitative estimate of drug-likeness (QED) is 0.695. The highest BCUT2D eigenvalue weighted by Crippen LogP contribution is 2.15. The number of hydrogen-bond donors (Lipinski definition) is 2. The summed E-state index contributed by atoms with van der Waals surface area (Å²) < 4.78 is 5.11. The zero-order chi connectivity index (χ0) is 13.5. The number of rotatable bonds is 7. The number of ether oxygens (including phenoxy) is 1. The molecule has 0 aliphatic rings. The van der Waals surface area contributed by atoms with Gasteiger partial charge in [-0.15, -0.1) is 0 Å². The molecule has 5 heteroatoms. The third-order valence-electron chi connectivity index (χ3n) is 2.82. The van der Waals surface area contributed by atoms with E-state index >= 15 is 0 Å². The molecule has 18 heavy (non-hydrogen) atoms. The van der Waals surface area contributed by atoms with E-state index in [-0.39, 0.29) is 18.5 Å². The van der Waals surface area contributed by atoms with Crippen LogP contribution in [-0.2, 0) is 16.1 Å². The second kappa shape index (κ2) is 6.98. The third kappa shape index (κ3) is 4.35. The maximum atomic E-state index is 11.1. The summed E-state index contributed by atoms with van der Waals surface area (Å²) in [7, 11) is 1.63. The van der Waals surface area contributed by atoms with Gasteiger partial charge in [0.15, 0.2) is 0 Å². The lowest BCUT2D eigenvalue weighted by Gasteiger charge is -2.27. The minimum Gasteiger partial charge on any atom is -0.398 e. The van der Waals surface area contributed by atoms with Gasteiger partial charge in [0.2, 0.25) is 5.91 Å². The molecule has 0 spiro atoms. The molecule has 1 rings (SSSR count). The summed E-state index contributed by atoms with van der Waals surface area (Å²) >= 11 is 0. The first-order chi connectivity index (χ1) is 8.54. The number of hydrogen-bond acceptors (Lipinski definition) is 4. The van der Waals surface area contributed by atoms with E-state index in [9.17, 15) is 4.79 Å². The maximum Gasteiger partial charge on any atom is 0.231 e. The highest BCUT2D eigenvalue weighted by atomic mass is 16.5. The average molecular weight is 251 g/mol. The Morgan fingerprint density at radius 3 is 2.67 bits per heavy atom. The van der Waals surface area contributed by atoms with Crippen LogP contribution in [0, 0.1) is 0 Å². The fourth-order valence-electron chi connectivity index (χ4n) is 1.81. The number of nitrogens with two attached hydrogens (primary N) is 2. The predicted octanol–water partition coefficient (Wildman–Crippen LogP) is 0.591. The maximum absolute atomic E-state index is 11.1. The molecule has 1 unspecified atom stereocenters. The lowest BCUT2D eigenvalue weighted by molar-refractivity contribution is -0.120. The van der Waals surface area contributed by atoms with Gasteiger partial charge in [0.1, 0.15) is 0 Å². The van der Waals surface area contributed by atoms with Gasteiger partial charge in [-0.05, 0) is 18.6 Å². The number of anilines is 1. The molecule has 100 valence electrons. The molecule has 1 aromatic rings. The number of benzene rings is 1. The van der Waals surface area contributed by atoms with E-state index in [1.54, 1.807) is 7.11 Å². The highest BCUT2D eigenvalue weighted by molar-refractivity contribution is 5.76. The summed E-state index contributed by atoms with van der Waals surface area (Å²) in [6.45, 7) is 3.31. The van der Waals surface area contributed by atoms with Crippen LogP contribution in [0.5, 0.6) is 0 Å². The Balaban J connectivity index is 2.77. The van der Waals surface area contributed by atoms with Gasteiger partial charge in [-0.3, -0.25) is 9.69 Å². The van der Waals surface area contributed by atoms with Gasteiger partial charge in [-0.1, -0.05) is 18.2 Å². The molecule has 0 aromatic heterocycles. The Bertz CT molecular complexity index is 396. The van der Waals surface area contributed by atoms with Crippen LogP contribution in [0.3, 0.4) is 0 Å². The van der Waals surface area contributed by atoms with Crippen LogP contribution in [0.4, 0.5) is 5.69 Å². The molecule has 0 bridgehead atoms. The number of carbonyl (C=O) groups is 1. The first-order valence-electron chi connectivity index (χ1n) is 5.89. The molecule has 0 saturated carbocycles. The minimum atomic E-state index is -0.354. The van der Waals surface area contributed by atoms with Crippen molar-refractivity contribution < 1.29 is 9.53 Å². The number of methoxy groups -OCH3 is 1. The van der Waals surface area contributed by atoms with Crippen LogP contribution < -0.4 is 11.5 Å². The van der Waals surface area contributed by atoms with Crippen molar-refractivity contribution in [2.45, 2.75) is 19.5 Å². The molecule has 0 aliphatic carbocycles. The van der Waals surface area contributed by atoms with E-state index in [2.05, 4.69) is 0 Å². The monoisotopic (exact) mass is 251 g/mol. The smallest absolute Gasteiger partial charge is 0.231 e. The lowest BCUT2D eigenvalue weighted by Crippen LogP contribution is -2.41. The molecule has 0 saturated heterocycles. The molecular weight excluding hydrogens is 230 g/mol. The molecule has 0 radical (unpaired) electrons. The van der Waals surface area contributed by atoms with Crippen LogP contribution >= 0.6 is 0 Å². The van der Waals surface area contributed by atoms with Crippen LogP contribution in [-0.4, -0.2) is 37.1 Å². The van der Waals surface area contributed by atoms with Crippen molar-refractivity contribution in [3.63, 3.8) is 0 Å². The average Bonchev–Trinajstić information content (AvgIpc) is 2.31. The summed E-state index contributed by atoms with van der Waals surface area (Å²) in [4.78, 5) is 13.1. The van der Waals surface area contributed by atoms with Crippen molar-refractivity contribution in [2.24, 2.45) is 5.73 Å². The molecule has 0 aliphatic heterocycles. The van der Waals surface area contributed by atoms with Gasteiger partial charge in [-0.2, -0.15) is 0 Å². The van der Waals surface area contributed by atoms with Gasteiger partial charge in [0.25, 0.3) is 0 Å². The zero-order valence-corrected chi connectivity index (χ0v) is 10.9. The number of para-hydroxylation sites is 1. The Hall–Kier alpha value is -1.59. The Morgan fingerprint density at radius 1 is 1.44 bits per heavy atom. The number of primary amides is 1. The number of nitrogen functional groups attached to an aromatic ring is 1. The SMILES string of the molecule is COCC(C)N(CC(N)=O)Cc1ccccc1N. The molecule has 1 atom stereocenters. The van der Waals surface area contributed by atoms with Crippen molar-refractivity contribution >= 4 is 11.6 Å². The second-order valence-corrected chi connectivity index (χ2v) is 4.37. The summed E-state index contributed by atoms with van der Waals surface area (Å²) in [5.41, 5.74) is 12.9. The molecule has 1 aromatic carbocycles. The van der Waals surface area contributed by atoms with Gasteiger partial charge in [0, 0.05) is 25.4 Å². The third-order valence-corrected chi connectivity index (χ3v) is 2.82. The van der Waals surface area contributed by atoms with E-state index in [1.165, 1.54) is 0 Å². The topological polar surface area (TPSA) is 81.6 Å². The first kappa shape index (κ1) is 14.5. The summed E-state index contributed by atoms with van der Waals surface area (Å²) in [5.74, 6) is -0.354. The Kier molecular flexibility index (Phi) is 5.61. The Labute approximate surface area is 108 Å². The number of carbonyl (C=O) groups excluding carboxylic acids is 1. The highest BCUT2D eigenvalue weighted by Gasteiger charge is 2.17. The summed E-state index contributed by atoms with van der Waals surface area (Å²) in [6, 6.07) is 7.70. The molecule has 5 nitrogen and oxygen atoms in total. The molecule has 1 amide bonds. The predicted molar refractivity (Wildman–Crippen MR) is 71.8 cm³/mol. The molecular formula is C13H21N3O2. The first-order valence-corrected chi connectivity index (χ1v) is 5.89. The van der Waals surface area contributed by atoms with Crippen LogP contribution in [0.2, 0.25) is 0 Å². The van der Waals surface area contributed by atoms with Gasteiger partial charge >= 0.3 is 0 Å². The van der Waals surface area contributed by atoms with Crippen LogP contribution in [0.25, 0.3) is 0 Å². The fraction of sp³-hybridized carbons (Fsp3) is 0.462. The van der Waals surface area contributed by atoms with E-state index in [0.717, 1.165) is 11.3 Å². The fourth-order valence-corrected chi connectivity index (χ4v) is 1.81. The van der Waals surface area contributed by atoms with Gasteiger partial charge < -0.3 is 16.2 Å². The zero-order valence-electron chi connectivity index (χ0n) is 10.9. The summed E-state index contributed by atoms with van der Waals surface area (Å²) in [6.07, 6.45) is 0. The van der Waals surface area contributed by atoms with E-state index in [1.807, 2.05) is 36.1 Å². The van der Waals surface area contributed by atoms with Crippen LogP contribution in [0.15, 0.2) is 24.3 Å². The lowest BCUT2D eigenvalue weighted by atomic mass is 10.1. The van der Waals surface area contributed by atoms with Crippen molar-refractivity contribution in [1.82, 2.24) is 4.90 Å².